The molecule has 0 atom stereocenters. The molecular formula is C10H6Cl2N2O2. The molecule has 0 fully saturated rings. The van der Waals surface area contributed by atoms with Crippen LogP contribution in [0.15, 0.2) is 35.1 Å². The number of aromatic nitrogens is 1. The van der Waals surface area contributed by atoms with Gasteiger partial charge in [0.05, 0.1) is 10.0 Å². The first-order valence-corrected chi connectivity index (χ1v) is 5.09. The van der Waals surface area contributed by atoms with E-state index in [1.54, 1.807) is 12.1 Å². The van der Waals surface area contributed by atoms with E-state index >= 15 is 0 Å². The molecule has 1 N–H and O–H groups in total. The zero-order chi connectivity index (χ0) is 11.5. The third-order valence-electron chi connectivity index (χ3n) is 1.86. The first-order valence-electron chi connectivity index (χ1n) is 4.33. The lowest BCUT2D eigenvalue weighted by Crippen LogP contribution is -2.11. The van der Waals surface area contributed by atoms with Crippen molar-refractivity contribution in [3.63, 3.8) is 0 Å². The lowest BCUT2D eigenvalue weighted by Gasteiger charge is -2.02. The highest BCUT2D eigenvalue weighted by Gasteiger charge is 2.09. The topological polar surface area (TPSA) is 55.1 Å². The van der Waals surface area contributed by atoms with Crippen molar-refractivity contribution in [2.75, 3.05) is 5.32 Å². The summed E-state index contributed by atoms with van der Waals surface area (Å²) in [4.78, 5) is 11.7. The van der Waals surface area contributed by atoms with E-state index in [2.05, 4.69) is 15.0 Å². The number of halogens is 2. The van der Waals surface area contributed by atoms with Gasteiger partial charge in [-0.1, -0.05) is 28.4 Å². The van der Waals surface area contributed by atoms with E-state index in [1.807, 2.05) is 0 Å². The van der Waals surface area contributed by atoms with Crippen LogP contribution in [-0.4, -0.2) is 11.1 Å². The zero-order valence-corrected chi connectivity index (χ0v) is 9.42. The zero-order valence-electron chi connectivity index (χ0n) is 7.91. The second-order valence-electron chi connectivity index (χ2n) is 2.97. The molecule has 1 amide bonds. The molecule has 1 aromatic carbocycles. The molecular weight excluding hydrogens is 251 g/mol. The Morgan fingerprint density at radius 2 is 2.06 bits per heavy atom. The van der Waals surface area contributed by atoms with Crippen LogP contribution in [0.4, 0.5) is 5.82 Å². The Balaban J connectivity index is 2.18. The van der Waals surface area contributed by atoms with Gasteiger partial charge in [-0.15, -0.1) is 0 Å². The van der Waals surface area contributed by atoms with Gasteiger partial charge in [0.1, 0.15) is 6.26 Å². The lowest BCUT2D eigenvalue weighted by molar-refractivity contribution is 0.102. The van der Waals surface area contributed by atoms with Crippen molar-refractivity contribution in [1.82, 2.24) is 5.16 Å². The van der Waals surface area contributed by atoms with Gasteiger partial charge in [-0.25, -0.2) is 0 Å². The van der Waals surface area contributed by atoms with Gasteiger partial charge >= 0.3 is 0 Å². The van der Waals surface area contributed by atoms with E-state index in [-0.39, 0.29) is 5.91 Å². The largest absolute Gasteiger partial charge is 0.363 e. The minimum absolute atomic E-state index is 0.326. The maximum Gasteiger partial charge on any atom is 0.256 e. The third-order valence-corrected chi connectivity index (χ3v) is 2.60. The number of carbonyl (C=O) groups is 1. The normalized spacial score (nSPS) is 10.1. The molecule has 0 saturated heterocycles. The molecule has 82 valence electrons. The fraction of sp³-hybridized carbons (Fsp3) is 0. The van der Waals surface area contributed by atoms with Crippen molar-refractivity contribution < 1.29 is 9.32 Å². The number of benzene rings is 1. The Bertz CT molecular complexity index is 512. The Morgan fingerprint density at radius 3 is 2.69 bits per heavy atom. The molecule has 1 aromatic heterocycles. The van der Waals surface area contributed by atoms with Crippen LogP contribution in [0, 0.1) is 0 Å². The molecule has 0 aliphatic heterocycles. The third kappa shape index (κ3) is 2.35. The summed E-state index contributed by atoms with van der Waals surface area (Å²) in [5.74, 6) is 0.0172. The summed E-state index contributed by atoms with van der Waals surface area (Å²) in [6.07, 6.45) is 1.37. The van der Waals surface area contributed by atoms with Crippen LogP contribution < -0.4 is 5.32 Å². The van der Waals surface area contributed by atoms with Crippen LogP contribution in [0.5, 0.6) is 0 Å². The Labute approximate surface area is 101 Å². The smallest absolute Gasteiger partial charge is 0.256 e. The molecule has 0 unspecified atom stereocenters. The standard InChI is InChI=1S/C10H6Cl2N2O2/c11-7-2-1-6(5-8(7)12)10(15)13-9-3-4-16-14-9/h1-5H,(H,13,14,15). The van der Waals surface area contributed by atoms with E-state index in [9.17, 15) is 4.79 Å². The molecule has 0 saturated carbocycles. The Morgan fingerprint density at radius 1 is 1.25 bits per heavy atom. The summed E-state index contributed by atoms with van der Waals surface area (Å²) < 4.78 is 4.58. The number of anilines is 1. The van der Waals surface area contributed by atoms with E-state index in [0.29, 0.717) is 21.4 Å². The van der Waals surface area contributed by atoms with Gasteiger partial charge in [0, 0.05) is 11.6 Å². The van der Waals surface area contributed by atoms with Crippen LogP contribution >= 0.6 is 23.2 Å². The summed E-state index contributed by atoms with van der Waals surface area (Å²) >= 11 is 11.5. The molecule has 2 aromatic rings. The molecule has 0 bridgehead atoms. The summed E-state index contributed by atoms with van der Waals surface area (Å²) in [5, 5.41) is 6.83. The predicted octanol–water partition coefficient (Wildman–Crippen LogP) is 3.23. The van der Waals surface area contributed by atoms with Gasteiger partial charge < -0.3 is 9.84 Å². The van der Waals surface area contributed by atoms with Crippen molar-refractivity contribution in [3.8, 4) is 0 Å². The number of hydrogen-bond acceptors (Lipinski definition) is 3. The number of hydrogen-bond donors (Lipinski definition) is 1. The maximum absolute atomic E-state index is 11.7. The summed E-state index contributed by atoms with van der Waals surface area (Å²) in [6.45, 7) is 0. The van der Waals surface area contributed by atoms with E-state index in [4.69, 9.17) is 23.2 Å². The van der Waals surface area contributed by atoms with Crippen LogP contribution in [0.3, 0.4) is 0 Å². The number of rotatable bonds is 2. The molecule has 0 radical (unpaired) electrons. The van der Waals surface area contributed by atoms with Crippen molar-refractivity contribution in [1.29, 1.82) is 0 Å². The summed E-state index contributed by atoms with van der Waals surface area (Å²) in [7, 11) is 0. The number of amides is 1. The van der Waals surface area contributed by atoms with Crippen molar-refractivity contribution >= 4 is 34.9 Å². The average molecular weight is 257 g/mol. The van der Waals surface area contributed by atoms with Crippen molar-refractivity contribution in [3.05, 3.63) is 46.1 Å². The Hall–Kier alpha value is -1.52. The van der Waals surface area contributed by atoms with Gasteiger partial charge in [0.25, 0.3) is 5.91 Å². The quantitative estimate of drug-likeness (QED) is 0.898. The van der Waals surface area contributed by atoms with Gasteiger partial charge in [-0.2, -0.15) is 0 Å². The number of nitrogens with one attached hydrogen (secondary N) is 1. The highest BCUT2D eigenvalue weighted by Crippen LogP contribution is 2.22. The predicted molar refractivity (Wildman–Crippen MR) is 60.9 cm³/mol. The first-order chi connectivity index (χ1) is 7.66. The summed E-state index contributed by atoms with van der Waals surface area (Å²) in [5.41, 5.74) is 0.400. The second-order valence-corrected chi connectivity index (χ2v) is 3.78. The number of nitrogens with zero attached hydrogens (tertiary/aromatic N) is 1. The molecule has 0 spiro atoms. The van der Waals surface area contributed by atoms with Crippen molar-refractivity contribution in [2.24, 2.45) is 0 Å². The fourth-order valence-electron chi connectivity index (χ4n) is 1.10. The van der Waals surface area contributed by atoms with E-state index in [0.717, 1.165) is 0 Å². The fourth-order valence-corrected chi connectivity index (χ4v) is 1.40. The van der Waals surface area contributed by atoms with Gasteiger partial charge in [-0.3, -0.25) is 4.79 Å². The molecule has 4 nitrogen and oxygen atoms in total. The minimum atomic E-state index is -0.326. The van der Waals surface area contributed by atoms with E-state index < -0.39 is 0 Å². The molecule has 1 heterocycles. The van der Waals surface area contributed by atoms with Crippen LogP contribution in [0.1, 0.15) is 10.4 Å². The van der Waals surface area contributed by atoms with Crippen LogP contribution in [-0.2, 0) is 0 Å². The molecule has 16 heavy (non-hydrogen) atoms. The SMILES string of the molecule is O=C(Nc1ccon1)c1ccc(Cl)c(Cl)c1. The summed E-state index contributed by atoms with van der Waals surface area (Å²) in [6, 6.07) is 6.15. The van der Waals surface area contributed by atoms with Crippen LogP contribution in [0.2, 0.25) is 10.0 Å². The average Bonchev–Trinajstić information content (AvgIpc) is 2.74. The van der Waals surface area contributed by atoms with E-state index in [1.165, 1.54) is 18.4 Å². The second kappa shape index (κ2) is 4.55. The first kappa shape index (κ1) is 11.0. The molecule has 6 heteroatoms. The monoisotopic (exact) mass is 256 g/mol. The number of carbonyl (C=O) groups excluding carboxylic acids is 1. The molecule has 0 aliphatic rings. The highest BCUT2D eigenvalue weighted by atomic mass is 35.5. The lowest BCUT2D eigenvalue weighted by atomic mass is 10.2. The maximum atomic E-state index is 11.7. The highest BCUT2D eigenvalue weighted by molar-refractivity contribution is 6.42. The minimum Gasteiger partial charge on any atom is -0.363 e. The van der Waals surface area contributed by atoms with Crippen molar-refractivity contribution in [2.45, 2.75) is 0 Å². The Kier molecular flexibility index (Phi) is 3.12. The molecule has 2 rings (SSSR count). The van der Waals surface area contributed by atoms with Gasteiger partial charge in [0.15, 0.2) is 5.82 Å². The molecule has 0 aliphatic carbocycles. The van der Waals surface area contributed by atoms with Gasteiger partial charge in [-0.05, 0) is 18.2 Å². The van der Waals surface area contributed by atoms with Crippen LogP contribution in [0.25, 0.3) is 0 Å². The van der Waals surface area contributed by atoms with Gasteiger partial charge in [0.2, 0.25) is 0 Å².